The maximum absolute atomic E-state index is 12.1. The molecule has 1 heterocycles. The third-order valence-corrected chi connectivity index (χ3v) is 3.94. The molecule has 1 aliphatic carbocycles. The van der Waals surface area contributed by atoms with E-state index in [2.05, 4.69) is 5.32 Å². The first-order chi connectivity index (χ1) is 9.63. The van der Waals surface area contributed by atoms with E-state index >= 15 is 0 Å². The SMILES string of the molecule is CCn1ccc(C(=O)NC2CCC(OC)CC2)cc1=O. The van der Waals surface area contributed by atoms with Gasteiger partial charge in [-0.15, -0.1) is 0 Å². The summed E-state index contributed by atoms with van der Waals surface area (Å²) in [6, 6.07) is 3.28. The van der Waals surface area contributed by atoms with Gasteiger partial charge in [-0.3, -0.25) is 9.59 Å². The fraction of sp³-hybridized carbons (Fsp3) is 0.600. The largest absolute Gasteiger partial charge is 0.381 e. The predicted octanol–water partition coefficient (Wildman–Crippen LogP) is 1.56. The molecule has 0 radical (unpaired) electrons. The highest BCUT2D eigenvalue weighted by Crippen LogP contribution is 2.20. The molecule has 1 aliphatic rings. The molecule has 2 rings (SSSR count). The highest BCUT2D eigenvalue weighted by atomic mass is 16.5. The van der Waals surface area contributed by atoms with Gasteiger partial charge in [0.2, 0.25) is 0 Å². The second-order valence-corrected chi connectivity index (χ2v) is 5.22. The van der Waals surface area contributed by atoms with Crippen molar-refractivity contribution in [2.45, 2.75) is 51.3 Å². The first-order valence-electron chi connectivity index (χ1n) is 7.18. The number of rotatable bonds is 4. The Hall–Kier alpha value is -1.62. The second kappa shape index (κ2) is 6.70. The Kier molecular flexibility index (Phi) is 4.95. The van der Waals surface area contributed by atoms with Gasteiger partial charge in [-0.1, -0.05) is 0 Å². The number of hydrogen-bond donors (Lipinski definition) is 1. The van der Waals surface area contributed by atoms with Gasteiger partial charge in [0.25, 0.3) is 11.5 Å². The molecule has 1 aromatic rings. The molecule has 5 nitrogen and oxygen atoms in total. The van der Waals surface area contributed by atoms with Crippen molar-refractivity contribution in [3.8, 4) is 0 Å². The zero-order chi connectivity index (χ0) is 14.5. The van der Waals surface area contributed by atoms with Gasteiger partial charge >= 0.3 is 0 Å². The van der Waals surface area contributed by atoms with Crippen LogP contribution in [0, 0.1) is 0 Å². The molecular weight excluding hydrogens is 256 g/mol. The van der Waals surface area contributed by atoms with Gasteiger partial charge in [-0.25, -0.2) is 0 Å². The van der Waals surface area contributed by atoms with Crippen molar-refractivity contribution in [1.82, 2.24) is 9.88 Å². The topological polar surface area (TPSA) is 60.3 Å². The van der Waals surface area contributed by atoms with Crippen LogP contribution in [-0.4, -0.2) is 29.7 Å². The minimum absolute atomic E-state index is 0.136. The highest BCUT2D eigenvalue weighted by molar-refractivity contribution is 5.94. The molecule has 0 unspecified atom stereocenters. The van der Waals surface area contributed by atoms with Gasteiger partial charge in [0.15, 0.2) is 0 Å². The van der Waals surface area contributed by atoms with E-state index in [1.54, 1.807) is 23.9 Å². The van der Waals surface area contributed by atoms with Crippen LogP contribution in [0.3, 0.4) is 0 Å². The molecule has 1 N–H and O–H groups in total. The molecule has 1 saturated carbocycles. The van der Waals surface area contributed by atoms with E-state index in [9.17, 15) is 9.59 Å². The number of nitrogens with one attached hydrogen (secondary N) is 1. The Morgan fingerprint density at radius 1 is 1.40 bits per heavy atom. The van der Waals surface area contributed by atoms with Gasteiger partial charge in [0, 0.05) is 37.5 Å². The minimum Gasteiger partial charge on any atom is -0.381 e. The van der Waals surface area contributed by atoms with Gasteiger partial charge in [-0.05, 0) is 38.7 Å². The van der Waals surface area contributed by atoms with E-state index in [1.807, 2.05) is 6.92 Å². The maximum atomic E-state index is 12.1. The third kappa shape index (κ3) is 3.48. The molecule has 1 fully saturated rings. The molecule has 110 valence electrons. The molecular formula is C15H22N2O3. The summed E-state index contributed by atoms with van der Waals surface area (Å²) in [6.07, 6.45) is 5.78. The average Bonchev–Trinajstić information content (AvgIpc) is 2.48. The molecule has 20 heavy (non-hydrogen) atoms. The zero-order valence-corrected chi connectivity index (χ0v) is 12.1. The first-order valence-corrected chi connectivity index (χ1v) is 7.18. The first kappa shape index (κ1) is 14.8. The Morgan fingerprint density at radius 3 is 2.65 bits per heavy atom. The Labute approximate surface area is 118 Å². The smallest absolute Gasteiger partial charge is 0.251 e. The van der Waals surface area contributed by atoms with E-state index in [1.165, 1.54) is 6.07 Å². The summed E-state index contributed by atoms with van der Waals surface area (Å²) >= 11 is 0. The summed E-state index contributed by atoms with van der Waals surface area (Å²) in [7, 11) is 1.73. The van der Waals surface area contributed by atoms with Crippen molar-refractivity contribution in [2.24, 2.45) is 0 Å². The molecule has 0 bridgehead atoms. The minimum atomic E-state index is -0.161. The van der Waals surface area contributed by atoms with E-state index in [0.717, 1.165) is 25.7 Å². The number of pyridine rings is 1. The standard InChI is InChI=1S/C15H22N2O3/c1-3-17-9-8-11(10-14(17)18)15(19)16-12-4-6-13(20-2)7-5-12/h8-10,12-13H,3-7H2,1-2H3,(H,16,19). The van der Waals surface area contributed by atoms with Crippen LogP contribution in [0.25, 0.3) is 0 Å². The summed E-state index contributed by atoms with van der Waals surface area (Å²) in [6.45, 7) is 2.51. The van der Waals surface area contributed by atoms with Gasteiger partial charge in [0.05, 0.1) is 6.10 Å². The zero-order valence-electron chi connectivity index (χ0n) is 12.1. The lowest BCUT2D eigenvalue weighted by Crippen LogP contribution is -2.39. The van der Waals surface area contributed by atoms with Gasteiger partial charge in [-0.2, -0.15) is 0 Å². The fourth-order valence-electron chi connectivity index (χ4n) is 2.62. The van der Waals surface area contributed by atoms with Crippen LogP contribution in [0.4, 0.5) is 0 Å². The Balaban J connectivity index is 1.95. The summed E-state index contributed by atoms with van der Waals surface area (Å²) in [5, 5.41) is 3.00. The molecule has 0 aliphatic heterocycles. The number of nitrogens with zero attached hydrogens (tertiary/aromatic N) is 1. The summed E-state index contributed by atoms with van der Waals surface area (Å²) in [4.78, 5) is 23.8. The van der Waals surface area contributed by atoms with Crippen LogP contribution in [0.5, 0.6) is 0 Å². The molecule has 1 aromatic heterocycles. The van der Waals surface area contributed by atoms with Crippen molar-refractivity contribution in [1.29, 1.82) is 0 Å². The number of methoxy groups -OCH3 is 1. The van der Waals surface area contributed by atoms with Crippen molar-refractivity contribution in [2.75, 3.05) is 7.11 Å². The van der Waals surface area contributed by atoms with Crippen LogP contribution in [0.15, 0.2) is 23.1 Å². The molecule has 0 aromatic carbocycles. The Morgan fingerprint density at radius 2 is 2.10 bits per heavy atom. The lowest BCUT2D eigenvalue weighted by atomic mass is 9.93. The van der Waals surface area contributed by atoms with Crippen LogP contribution in [0.2, 0.25) is 0 Å². The van der Waals surface area contributed by atoms with E-state index in [4.69, 9.17) is 4.74 Å². The van der Waals surface area contributed by atoms with Crippen molar-refractivity contribution in [3.63, 3.8) is 0 Å². The third-order valence-electron chi connectivity index (χ3n) is 3.94. The second-order valence-electron chi connectivity index (χ2n) is 5.22. The lowest BCUT2D eigenvalue weighted by Gasteiger charge is -2.28. The van der Waals surface area contributed by atoms with Crippen LogP contribution >= 0.6 is 0 Å². The summed E-state index contributed by atoms with van der Waals surface area (Å²) in [5.41, 5.74) is 0.303. The monoisotopic (exact) mass is 278 g/mol. The molecule has 0 atom stereocenters. The maximum Gasteiger partial charge on any atom is 0.251 e. The van der Waals surface area contributed by atoms with Gasteiger partial charge < -0.3 is 14.6 Å². The van der Waals surface area contributed by atoms with E-state index in [0.29, 0.717) is 18.2 Å². The van der Waals surface area contributed by atoms with Crippen LogP contribution in [-0.2, 0) is 11.3 Å². The summed E-state index contributed by atoms with van der Waals surface area (Å²) < 4.78 is 6.88. The van der Waals surface area contributed by atoms with Crippen LogP contribution < -0.4 is 10.9 Å². The number of hydrogen-bond acceptors (Lipinski definition) is 3. The van der Waals surface area contributed by atoms with Crippen molar-refractivity contribution >= 4 is 5.91 Å². The molecule has 5 heteroatoms. The number of amides is 1. The van der Waals surface area contributed by atoms with E-state index < -0.39 is 0 Å². The number of aryl methyl sites for hydroxylation is 1. The number of ether oxygens (including phenoxy) is 1. The number of carbonyl (C=O) groups excluding carboxylic acids is 1. The fourth-order valence-corrected chi connectivity index (χ4v) is 2.62. The highest BCUT2D eigenvalue weighted by Gasteiger charge is 2.22. The summed E-state index contributed by atoms with van der Waals surface area (Å²) in [5.74, 6) is -0.161. The number of aromatic nitrogens is 1. The quantitative estimate of drug-likeness (QED) is 0.909. The van der Waals surface area contributed by atoms with Gasteiger partial charge in [0.1, 0.15) is 0 Å². The average molecular weight is 278 g/mol. The normalized spacial score (nSPS) is 22.5. The Bertz CT molecular complexity index is 516. The van der Waals surface area contributed by atoms with Crippen LogP contribution in [0.1, 0.15) is 43.0 Å². The van der Waals surface area contributed by atoms with Crippen molar-refractivity contribution < 1.29 is 9.53 Å². The van der Waals surface area contributed by atoms with E-state index in [-0.39, 0.29) is 17.5 Å². The predicted molar refractivity (Wildman–Crippen MR) is 76.9 cm³/mol. The molecule has 1 amide bonds. The number of carbonyl (C=O) groups is 1. The van der Waals surface area contributed by atoms with Crippen molar-refractivity contribution in [3.05, 3.63) is 34.2 Å². The lowest BCUT2D eigenvalue weighted by molar-refractivity contribution is 0.0599. The molecule has 0 saturated heterocycles. The molecule has 0 spiro atoms.